The van der Waals surface area contributed by atoms with Gasteiger partial charge in [-0.3, -0.25) is 9.10 Å². The molecule has 4 bridgehead atoms. The average Bonchev–Trinajstić information content (AvgIpc) is 2.73. The van der Waals surface area contributed by atoms with Crippen molar-refractivity contribution >= 4 is 33.2 Å². The fourth-order valence-electron chi connectivity index (χ4n) is 6.50. The van der Waals surface area contributed by atoms with Crippen molar-refractivity contribution in [3.05, 3.63) is 59.1 Å². The average molecular weight is 473 g/mol. The fraction of sp³-hybridized carbons (Fsp3) is 0.480. The van der Waals surface area contributed by atoms with Gasteiger partial charge < -0.3 is 5.32 Å². The van der Waals surface area contributed by atoms with Crippen LogP contribution in [-0.2, 0) is 14.8 Å². The maximum Gasteiger partial charge on any atom is 0.264 e. The predicted octanol–water partition coefficient (Wildman–Crippen LogP) is 4.93. The zero-order chi connectivity index (χ0) is 22.5. The highest BCUT2D eigenvalue weighted by Gasteiger charge is 2.51. The Bertz CT molecular complexity index is 1100. The van der Waals surface area contributed by atoms with Gasteiger partial charge in [0.05, 0.1) is 10.6 Å². The number of benzene rings is 2. The molecule has 4 saturated carbocycles. The molecule has 0 saturated heterocycles. The van der Waals surface area contributed by atoms with E-state index in [4.69, 9.17) is 11.6 Å². The van der Waals surface area contributed by atoms with Crippen LogP contribution in [0.5, 0.6) is 0 Å². The number of halogens is 1. The smallest absolute Gasteiger partial charge is 0.264 e. The Morgan fingerprint density at radius 2 is 1.62 bits per heavy atom. The Morgan fingerprint density at radius 1 is 1.03 bits per heavy atom. The van der Waals surface area contributed by atoms with Crippen molar-refractivity contribution in [2.75, 3.05) is 10.8 Å². The molecule has 5 nitrogen and oxygen atoms in total. The van der Waals surface area contributed by atoms with Gasteiger partial charge in [-0.1, -0.05) is 35.9 Å². The summed E-state index contributed by atoms with van der Waals surface area (Å²) >= 11 is 6.31. The number of aryl methyl sites for hydroxylation is 1. The van der Waals surface area contributed by atoms with Gasteiger partial charge in [-0.2, -0.15) is 0 Å². The molecule has 0 unspecified atom stereocenters. The van der Waals surface area contributed by atoms with E-state index in [0.29, 0.717) is 28.5 Å². The first kappa shape index (κ1) is 21.8. The lowest BCUT2D eigenvalue weighted by molar-refractivity contribution is -0.125. The summed E-state index contributed by atoms with van der Waals surface area (Å²) in [6.07, 6.45) is 6.91. The number of carbonyl (C=O) groups is 1. The Kier molecular flexibility index (Phi) is 5.49. The van der Waals surface area contributed by atoms with Gasteiger partial charge in [-0.05, 0) is 93.0 Å². The highest BCUT2D eigenvalue weighted by Crippen LogP contribution is 2.55. The highest BCUT2D eigenvalue weighted by atomic mass is 35.5. The summed E-state index contributed by atoms with van der Waals surface area (Å²) in [5, 5.41) is 3.77. The fourth-order valence-corrected chi connectivity index (χ4v) is 8.11. The maximum atomic E-state index is 13.5. The summed E-state index contributed by atoms with van der Waals surface area (Å²) in [6, 6.07) is 13.3. The van der Waals surface area contributed by atoms with Crippen molar-refractivity contribution in [3.8, 4) is 0 Å². The normalized spacial score (nSPS) is 28.5. The van der Waals surface area contributed by atoms with Crippen molar-refractivity contribution in [1.29, 1.82) is 0 Å². The van der Waals surface area contributed by atoms with Crippen LogP contribution in [0.2, 0.25) is 5.02 Å². The number of carbonyl (C=O) groups excluding carboxylic acids is 1. The van der Waals surface area contributed by atoms with E-state index in [0.717, 1.165) is 24.8 Å². The summed E-state index contributed by atoms with van der Waals surface area (Å²) in [5.41, 5.74) is 1.08. The number of hydrogen-bond acceptors (Lipinski definition) is 3. The molecule has 0 heterocycles. The van der Waals surface area contributed by atoms with Crippen LogP contribution in [0.1, 0.15) is 44.1 Å². The van der Waals surface area contributed by atoms with Crippen molar-refractivity contribution in [2.45, 2.75) is 55.9 Å². The Hall–Kier alpha value is -2.05. The molecule has 1 amide bonds. The van der Waals surface area contributed by atoms with E-state index in [1.165, 1.54) is 23.6 Å². The van der Waals surface area contributed by atoms with E-state index in [1.54, 1.807) is 48.5 Å². The topological polar surface area (TPSA) is 66.5 Å². The van der Waals surface area contributed by atoms with Gasteiger partial charge in [0, 0.05) is 10.6 Å². The Morgan fingerprint density at radius 3 is 2.19 bits per heavy atom. The lowest BCUT2D eigenvalue weighted by atomic mass is 9.53. The summed E-state index contributed by atoms with van der Waals surface area (Å²) in [4.78, 5) is 13.4. The molecule has 4 fully saturated rings. The number of anilines is 1. The molecule has 2 aromatic rings. The van der Waals surface area contributed by atoms with Crippen LogP contribution in [0, 0.1) is 24.7 Å². The van der Waals surface area contributed by atoms with Crippen LogP contribution in [0.3, 0.4) is 0 Å². The predicted molar refractivity (Wildman–Crippen MR) is 126 cm³/mol. The summed E-state index contributed by atoms with van der Waals surface area (Å²) in [7, 11) is -3.93. The molecule has 0 aromatic heterocycles. The zero-order valence-corrected chi connectivity index (χ0v) is 19.8. The van der Waals surface area contributed by atoms with Gasteiger partial charge in [-0.15, -0.1) is 0 Å². The molecule has 6 rings (SSSR count). The zero-order valence-electron chi connectivity index (χ0n) is 18.3. The summed E-state index contributed by atoms with van der Waals surface area (Å²) < 4.78 is 28.2. The third-order valence-electron chi connectivity index (χ3n) is 7.50. The van der Waals surface area contributed by atoms with Gasteiger partial charge in [0.1, 0.15) is 6.54 Å². The van der Waals surface area contributed by atoms with Crippen molar-refractivity contribution < 1.29 is 13.2 Å². The number of sulfonamides is 1. The van der Waals surface area contributed by atoms with E-state index >= 15 is 0 Å². The second kappa shape index (κ2) is 8.07. The second-order valence-corrected chi connectivity index (χ2v) is 12.3. The van der Waals surface area contributed by atoms with Crippen LogP contribution >= 0.6 is 11.6 Å². The molecule has 0 radical (unpaired) electrons. The largest absolute Gasteiger partial charge is 0.349 e. The molecular weight excluding hydrogens is 444 g/mol. The van der Waals surface area contributed by atoms with Gasteiger partial charge in [0.25, 0.3) is 10.0 Å². The quantitative estimate of drug-likeness (QED) is 0.648. The minimum atomic E-state index is -3.93. The number of rotatable bonds is 6. The van der Waals surface area contributed by atoms with Gasteiger partial charge in [0.15, 0.2) is 0 Å². The van der Waals surface area contributed by atoms with Crippen LogP contribution in [0.15, 0.2) is 53.4 Å². The molecule has 7 heteroatoms. The minimum Gasteiger partial charge on any atom is -0.349 e. The molecule has 0 atom stereocenters. The number of nitrogens with zero attached hydrogens (tertiary/aromatic N) is 1. The lowest BCUT2D eigenvalue weighted by Crippen LogP contribution is -2.61. The number of amides is 1. The van der Waals surface area contributed by atoms with Crippen molar-refractivity contribution in [1.82, 2.24) is 5.32 Å². The first-order valence-corrected chi connectivity index (χ1v) is 13.2. The monoisotopic (exact) mass is 472 g/mol. The third kappa shape index (κ3) is 4.03. The molecular formula is C25H29ClN2O3S. The Labute approximate surface area is 195 Å². The molecule has 1 N–H and O–H groups in total. The van der Waals surface area contributed by atoms with Crippen molar-refractivity contribution in [3.63, 3.8) is 0 Å². The van der Waals surface area contributed by atoms with Gasteiger partial charge in [-0.25, -0.2) is 8.42 Å². The molecule has 0 aliphatic heterocycles. The first-order valence-electron chi connectivity index (χ1n) is 11.4. The van der Waals surface area contributed by atoms with Crippen LogP contribution < -0.4 is 9.62 Å². The van der Waals surface area contributed by atoms with Crippen LogP contribution in [-0.4, -0.2) is 26.4 Å². The first-order chi connectivity index (χ1) is 15.2. The molecule has 4 aliphatic carbocycles. The van der Waals surface area contributed by atoms with E-state index < -0.39 is 10.0 Å². The minimum absolute atomic E-state index is 0.152. The van der Waals surface area contributed by atoms with Gasteiger partial charge >= 0.3 is 0 Å². The third-order valence-corrected chi connectivity index (χ3v) is 9.70. The van der Waals surface area contributed by atoms with E-state index in [-0.39, 0.29) is 22.9 Å². The van der Waals surface area contributed by atoms with Crippen LogP contribution in [0.4, 0.5) is 5.69 Å². The lowest BCUT2D eigenvalue weighted by Gasteiger charge is -2.57. The molecule has 2 aromatic carbocycles. The molecule has 170 valence electrons. The van der Waals surface area contributed by atoms with Crippen molar-refractivity contribution in [2.24, 2.45) is 17.8 Å². The number of nitrogens with one attached hydrogen (secondary N) is 1. The SMILES string of the molecule is Cc1ccc(N(CC(=O)NC23CC4CC(CC(C4)C2)C3)S(=O)(=O)c2ccccc2)cc1Cl. The second-order valence-electron chi connectivity index (χ2n) is 10.0. The van der Waals surface area contributed by atoms with E-state index in [2.05, 4.69) is 5.32 Å². The van der Waals surface area contributed by atoms with Crippen LogP contribution in [0.25, 0.3) is 0 Å². The summed E-state index contributed by atoms with van der Waals surface area (Å²) in [5.74, 6) is 1.84. The van der Waals surface area contributed by atoms with E-state index in [9.17, 15) is 13.2 Å². The van der Waals surface area contributed by atoms with Gasteiger partial charge in [0.2, 0.25) is 5.91 Å². The molecule has 0 spiro atoms. The van der Waals surface area contributed by atoms with E-state index in [1.807, 2.05) is 6.92 Å². The molecule has 32 heavy (non-hydrogen) atoms. The summed E-state index contributed by atoms with van der Waals surface area (Å²) in [6.45, 7) is 1.60. The Balaban J connectivity index is 1.43. The molecule has 4 aliphatic rings. The highest BCUT2D eigenvalue weighted by molar-refractivity contribution is 7.92. The number of hydrogen-bond donors (Lipinski definition) is 1. The maximum absolute atomic E-state index is 13.5. The standard InChI is InChI=1S/C25H29ClN2O3S/c1-17-7-8-21(12-23(17)26)28(32(30,31)22-5-3-2-4-6-22)16-24(29)27-25-13-18-9-19(14-25)11-20(10-18)15-25/h2-8,12,18-20H,9-11,13-16H2,1H3,(H,27,29).